The first kappa shape index (κ1) is 65.1. The van der Waals surface area contributed by atoms with Gasteiger partial charge in [-0.05, 0) is 89.9 Å². The van der Waals surface area contributed by atoms with Crippen molar-refractivity contribution in [1.82, 2.24) is 0 Å². The van der Waals surface area contributed by atoms with Crippen LogP contribution >= 0.6 is 0 Å². The fourth-order valence-electron chi connectivity index (χ4n) is 8.16. The van der Waals surface area contributed by atoms with Gasteiger partial charge in [-0.15, -0.1) is 0 Å². The molecule has 392 valence electrons. The third kappa shape index (κ3) is 55.7. The van der Waals surface area contributed by atoms with Gasteiger partial charge < -0.3 is 14.2 Å². The third-order valence-electron chi connectivity index (χ3n) is 12.4. The molecule has 0 aliphatic rings. The lowest BCUT2D eigenvalue weighted by atomic mass is 10.0. The summed E-state index contributed by atoms with van der Waals surface area (Å²) in [4.78, 5) is 25.5. The summed E-state index contributed by atoms with van der Waals surface area (Å²) >= 11 is 0. The molecule has 1 atom stereocenters. The van der Waals surface area contributed by atoms with E-state index in [-0.39, 0.29) is 25.2 Å². The minimum Gasteiger partial charge on any atom is -0.462 e. The van der Waals surface area contributed by atoms with Gasteiger partial charge in [-0.1, -0.05) is 260 Å². The number of ether oxygens (including phenoxy) is 3. The molecule has 0 rings (SSSR count). The highest BCUT2D eigenvalue weighted by atomic mass is 16.6. The summed E-state index contributed by atoms with van der Waals surface area (Å²) in [6.07, 6.45) is 77.4. The monoisotopic (exact) mass is 947 g/mol. The van der Waals surface area contributed by atoms with Crippen molar-refractivity contribution in [3.8, 4) is 0 Å². The van der Waals surface area contributed by atoms with Gasteiger partial charge in [0.15, 0.2) is 6.10 Å². The van der Waals surface area contributed by atoms with Crippen molar-refractivity contribution in [3.63, 3.8) is 0 Å². The van der Waals surface area contributed by atoms with E-state index in [1.807, 2.05) is 0 Å². The molecule has 0 fully saturated rings. The largest absolute Gasteiger partial charge is 0.462 e. The van der Waals surface area contributed by atoms with E-state index in [1.54, 1.807) is 0 Å². The first-order valence-electron chi connectivity index (χ1n) is 29.1. The number of hydrogen-bond acceptors (Lipinski definition) is 5. The number of unbranched alkanes of at least 4 members (excludes halogenated alkanes) is 28. The van der Waals surface area contributed by atoms with Crippen LogP contribution in [0.25, 0.3) is 0 Å². The maximum atomic E-state index is 12.9. The van der Waals surface area contributed by atoms with Crippen molar-refractivity contribution in [3.05, 3.63) is 85.1 Å². The normalized spacial score (nSPS) is 12.8. The molecule has 0 aromatic rings. The highest BCUT2D eigenvalue weighted by molar-refractivity contribution is 5.70. The molecule has 0 N–H and O–H groups in total. The van der Waals surface area contributed by atoms with Crippen molar-refractivity contribution in [2.45, 2.75) is 284 Å². The Morgan fingerprint density at radius 2 is 0.662 bits per heavy atom. The maximum absolute atomic E-state index is 12.9. The first-order chi connectivity index (χ1) is 33.6. The van der Waals surface area contributed by atoms with E-state index in [1.165, 1.54) is 148 Å². The molecule has 0 spiro atoms. The Hall–Kier alpha value is -2.92. The number of esters is 2. The van der Waals surface area contributed by atoms with Crippen LogP contribution in [-0.2, 0) is 23.8 Å². The van der Waals surface area contributed by atoms with Crippen LogP contribution in [0, 0.1) is 0 Å². The van der Waals surface area contributed by atoms with Crippen LogP contribution in [0.2, 0.25) is 0 Å². The van der Waals surface area contributed by atoms with E-state index in [9.17, 15) is 9.59 Å². The average molecular weight is 948 g/mol. The highest BCUT2D eigenvalue weighted by Crippen LogP contribution is 2.16. The van der Waals surface area contributed by atoms with Crippen LogP contribution in [0.15, 0.2) is 85.1 Å². The predicted molar refractivity (Wildman–Crippen MR) is 297 cm³/mol. The zero-order chi connectivity index (χ0) is 49.2. The fraction of sp³-hybridized carbons (Fsp3) is 0.746. The van der Waals surface area contributed by atoms with Gasteiger partial charge in [0.25, 0.3) is 0 Å². The summed E-state index contributed by atoms with van der Waals surface area (Å²) < 4.78 is 17.5. The topological polar surface area (TPSA) is 61.8 Å². The molecule has 5 heteroatoms. The molecule has 0 bridgehead atoms. The number of carbonyl (C=O) groups is 2. The van der Waals surface area contributed by atoms with Crippen LogP contribution < -0.4 is 0 Å². The second-order valence-corrected chi connectivity index (χ2v) is 19.1. The minimum atomic E-state index is -0.549. The second kappa shape index (κ2) is 58.4. The first-order valence-corrected chi connectivity index (χ1v) is 29.1. The Morgan fingerprint density at radius 3 is 1.06 bits per heavy atom. The molecule has 0 heterocycles. The SMILES string of the molecule is CC/C=C\C/C=C\C/C=C\C/C=C\CCCCCCCCCOCC(COC(=O)CCCCCCCCC/C=C\C/C=C\C/C=C\CC)OC(=O)CCCCCCCCCCCCCCCCC. The molecule has 0 amide bonds. The van der Waals surface area contributed by atoms with Gasteiger partial charge >= 0.3 is 11.9 Å². The lowest BCUT2D eigenvalue weighted by Crippen LogP contribution is -2.30. The molecule has 0 saturated heterocycles. The molecule has 0 radical (unpaired) electrons. The van der Waals surface area contributed by atoms with E-state index in [0.29, 0.717) is 19.4 Å². The summed E-state index contributed by atoms with van der Waals surface area (Å²) in [5.74, 6) is -0.406. The van der Waals surface area contributed by atoms with Gasteiger partial charge in [-0.3, -0.25) is 9.59 Å². The number of rotatable bonds is 53. The number of allylic oxidation sites excluding steroid dienone is 14. The van der Waals surface area contributed by atoms with E-state index in [4.69, 9.17) is 14.2 Å². The van der Waals surface area contributed by atoms with Gasteiger partial charge in [0.2, 0.25) is 0 Å². The van der Waals surface area contributed by atoms with Crippen LogP contribution in [0.3, 0.4) is 0 Å². The van der Waals surface area contributed by atoms with Gasteiger partial charge in [0.1, 0.15) is 6.61 Å². The predicted octanol–water partition coefficient (Wildman–Crippen LogP) is 20.0. The maximum Gasteiger partial charge on any atom is 0.306 e. The quantitative estimate of drug-likeness (QED) is 0.0345. The van der Waals surface area contributed by atoms with E-state index >= 15 is 0 Å². The summed E-state index contributed by atoms with van der Waals surface area (Å²) in [5.41, 5.74) is 0. The Bertz CT molecular complexity index is 1250. The molecule has 68 heavy (non-hydrogen) atoms. The van der Waals surface area contributed by atoms with Crippen LogP contribution in [0.1, 0.15) is 278 Å². The number of carbonyl (C=O) groups excluding carboxylic acids is 2. The Morgan fingerprint density at radius 1 is 0.338 bits per heavy atom. The van der Waals surface area contributed by atoms with Gasteiger partial charge in [0, 0.05) is 19.4 Å². The fourth-order valence-corrected chi connectivity index (χ4v) is 8.16. The Labute approximate surface area is 422 Å². The Kier molecular flexibility index (Phi) is 55.9. The van der Waals surface area contributed by atoms with Crippen molar-refractivity contribution in [2.24, 2.45) is 0 Å². The molecular formula is C63H110O5. The van der Waals surface area contributed by atoms with Crippen molar-refractivity contribution in [1.29, 1.82) is 0 Å². The second-order valence-electron chi connectivity index (χ2n) is 19.1. The lowest BCUT2D eigenvalue weighted by molar-refractivity contribution is -0.163. The summed E-state index contributed by atoms with van der Waals surface area (Å²) in [5, 5.41) is 0. The van der Waals surface area contributed by atoms with Crippen molar-refractivity contribution < 1.29 is 23.8 Å². The van der Waals surface area contributed by atoms with Crippen LogP contribution in [0.4, 0.5) is 0 Å². The minimum absolute atomic E-state index is 0.0748. The summed E-state index contributed by atoms with van der Waals surface area (Å²) in [6.45, 7) is 7.60. The number of hydrogen-bond donors (Lipinski definition) is 0. The standard InChI is InChI=1S/C63H110O5/c1-4-7-10-13-16-19-22-25-28-30-31-32-34-37-40-43-46-49-52-55-58-66-59-61(68-63(65)57-54-51-48-45-42-39-35-27-24-21-18-15-12-9-6-3)60-67-62(64)56-53-50-47-44-41-38-36-33-29-26-23-20-17-14-11-8-5-2/h7-8,10-11,16-17,19-20,25-26,28-29,31-32,61H,4-6,9,12-15,18,21-24,27,30,33-60H2,1-3H3/b10-7-,11-8-,19-16-,20-17-,28-25-,29-26-,32-31-. The molecular weight excluding hydrogens is 837 g/mol. The van der Waals surface area contributed by atoms with Gasteiger partial charge in [0.05, 0.1) is 6.61 Å². The average Bonchev–Trinajstić information content (AvgIpc) is 3.34. The van der Waals surface area contributed by atoms with E-state index < -0.39 is 6.10 Å². The highest BCUT2D eigenvalue weighted by Gasteiger charge is 2.17. The van der Waals surface area contributed by atoms with Crippen LogP contribution in [0.5, 0.6) is 0 Å². The summed E-state index contributed by atoms with van der Waals surface area (Å²) in [6, 6.07) is 0. The van der Waals surface area contributed by atoms with Crippen molar-refractivity contribution in [2.75, 3.05) is 19.8 Å². The van der Waals surface area contributed by atoms with Gasteiger partial charge in [-0.2, -0.15) is 0 Å². The molecule has 0 saturated carbocycles. The smallest absolute Gasteiger partial charge is 0.306 e. The molecule has 1 unspecified atom stereocenters. The van der Waals surface area contributed by atoms with Gasteiger partial charge in [-0.25, -0.2) is 0 Å². The molecule has 0 aliphatic carbocycles. The summed E-state index contributed by atoms with van der Waals surface area (Å²) in [7, 11) is 0. The zero-order valence-corrected chi connectivity index (χ0v) is 45.1. The molecule has 0 aromatic heterocycles. The van der Waals surface area contributed by atoms with Crippen LogP contribution in [-0.4, -0.2) is 37.9 Å². The third-order valence-corrected chi connectivity index (χ3v) is 12.4. The molecule has 0 aromatic carbocycles. The molecule has 5 nitrogen and oxygen atoms in total. The molecule has 0 aliphatic heterocycles. The van der Waals surface area contributed by atoms with E-state index in [0.717, 1.165) is 96.3 Å². The van der Waals surface area contributed by atoms with E-state index in [2.05, 4.69) is 106 Å². The van der Waals surface area contributed by atoms with Crippen molar-refractivity contribution >= 4 is 11.9 Å². The Balaban J connectivity index is 4.30. The zero-order valence-electron chi connectivity index (χ0n) is 45.1. The lowest BCUT2D eigenvalue weighted by Gasteiger charge is -2.18.